The van der Waals surface area contributed by atoms with Crippen LogP contribution in [-0.4, -0.2) is 24.9 Å². The number of furan rings is 1. The Morgan fingerprint density at radius 2 is 1.72 bits per heavy atom. The van der Waals surface area contributed by atoms with Crippen LogP contribution in [-0.2, 0) is 24.3 Å². The van der Waals surface area contributed by atoms with Crippen molar-refractivity contribution in [1.29, 1.82) is 0 Å². The highest BCUT2D eigenvalue weighted by atomic mass is 16.3. The highest BCUT2D eigenvalue weighted by Gasteiger charge is 2.18. The predicted molar refractivity (Wildman–Crippen MR) is 111 cm³/mol. The van der Waals surface area contributed by atoms with Crippen molar-refractivity contribution in [2.24, 2.45) is 0 Å². The number of benzene rings is 2. The van der Waals surface area contributed by atoms with Crippen LogP contribution in [0.1, 0.15) is 27.2 Å². The lowest BCUT2D eigenvalue weighted by atomic mass is 10.1. The number of nitrogens with one attached hydrogen (secondary N) is 2. The van der Waals surface area contributed by atoms with Gasteiger partial charge in [0.1, 0.15) is 0 Å². The molecule has 0 saturated carbocycles. The molecule has 29 heavy (non-hydrogen) atoms. The minimum absolute atomic E-state index is 0.0913. The van der Waals surface area contributed by atoms with Crippen LogP contribution in [0.15, 0.2) is 71.3 Å². The first kappa shape index (κ1) is 18.8. The summed E-state index contributed by atoms with van der Waals surface area (Å²) in [7, 11) is 0. The quantitative estimate of drug-likeness (QED) is 0.652. The van der Waals surface area contributed by atoms with Gasteiger partial charge >= 0.3 is 0 Å². The number of hydrogen-bond donors (Lipinski definition) is 2. The molecule has 0 unspecified atom stereocenters. The van der Waals surface area contributed by atoms with Gasteiger partial charge in [-0.2, -0.15) is 0 Å². The SMILES string of the molecule is O=C(CNC(=O)c1ccco1)NCc1ccc(CN2CCc3ccccc32)cc1. The van der Waals surface area contributed by atoms with Crippen molar-refractivity contribution >= 4 is 17.5 Å². The molecule has 0 aliphatic carbocycles. The smallest absolute Gasteiger partial charge is 0.287 e. The average molecular weight is 389 g/mol. The molecule has 0 spiro atoms. The van der Waals surface area contributed by atoms with Crippen molar-refractivity contribution in [2.45, 2.75) is 19.5 Å². The summed E-state index contributed by atoms with van der Waals surface area (Å²) >= 11 is 0. The molecule has 4 rings (SSSR count). The predicted octanol–water partition coefficient (Wildman–Crippen LogP) is 2.89. The second kappa shape index (κ2) is 8.65. The summed E-state index contributed by atoms with van der Waals surface area (Å²) in [6.45, 7) is 2.25. The average Bonchev–Trinajstić information content (AvgIpc) is 3.42. The van der Waals surface area contributed by atoms with Crippen LogP contribution in [0.5, 0.6) is 0 Å². The highest BCUT2D eigenvalue weighted by molar-refractivity contribution is 5.94. The van der Waals surface area contributed by atoms with Crippen LogP contribution in [0.25, 0.3) is 0 Å². The van der Waals surface area contributed by atoms with Crippen molar-refractivity contribution in [1.82, 2.24) is 10.6 Å². The van der Waals surface area contributed by atoms with E-state index in [-0.39, 0.29) is 18.2 Å². The summed E-state index contributed by atoms with van der Waals surface area (Å²) in [6, 6.07) is 20.0. The molecular formula is C23H23N3O3. The summed E-state index contributed by atoms with van der Waals surface area (Å²) in [4.78, 5) is 26.1. The summed E-state index contributed by atoms with van der Waals surface area (Å²) in [5.41, 5.74) is 4.98. The number of fused-ring (bicyclic) bond motifs is 1. The van der Waals surface area contributed by atoms with Gasteiger partial charge in [0.05, 0.1) is 12.8 Å². The Labute approximate surface area is 169 Å². The molecule has 0 fully saturated rings. The summed E-state index contributed by atoms with van der Waals surface area (Å²) in [5.74, 6) is -0.463. The molecule has 0 bridgehead atoms. The summed E-state index contributed by atoms with van der Waals surface area (Å²) < 4.78 is 4.99. The third kappa shape index (κ3) is 4.66. The number of para-hydroxylation sites is 1. The van der Waals surface area contributed by atoms with Crippen molar-refractivity contribution in [3.63, 3.8) is 0 Å². The fraction of sp³-hybridized carbons (Fsp3) is 0.217. The number of nitrogens with zero attached hydrogens (tertiary/aromatic N) is 1. The first-order valence-electron chi connectivity index (χ1n) is 9.68. The fourth-order valence-electron chi connectivity index (χ4n) is 3.47. The minimum Gasteiger partial charge on any atom is -0.459 e. The highest BCUT2D eigenvalue weighted by Crippen LogP contribution is 2.28. The lowest BCUT2D eigenvalue weighted by molar-refractivity contribution is -0.120. The number of amides is 2. The Morgan fingerprint density at radius 3 is 2.52 bits per heavy atom. The number of carbonyl (C=O) groups excluding carboxylic acids is 2. The molecule has 2 amide bonds. The third-order valence-corrected chi connectivity index (χ3v) is 5.02. The van der Waals surface area contributed by atoms with Crippen molar-refractivity contribution < 1.29 is 14.0 Å². The zero-order valence-electron chi connectivity index (χ0n) is 16.1. The number of anilines is 1. The van der Waals surface area contributed by atoms with E-state index in [0.29, 0.717) is 6.54 Å². The van der Waals surface area contributed by atoms with Crippen LogP contribution >= 0.6 is 0 Å². The molecule has 0 radical (unpaired) electrons. The van der Waals surface area contributed by atoms with E-state index >= 15 is 0 Å². The van der Waals surface area contributed by atoms with Gasteiger partial charge in [0.2, 0.25) is 5.91 Å². The van der Waals surface area contributed by atoms with Crippen LogP contribution in [0, 0.1) is 0 Å². The topological polar surface area (TPSA) is 74.6 Å². The molecule has 1 aliphatic rings. The molecule has 3 aromatic rings. The van der Waals surface area contributed by atoms with Gasteiger partial charge in [-0.1, -0.05) is 42.5 Å². The molecule has 2 aromatic carbocycles. The van der Waals surface area contributed by atoms with Gasteiger partial charge in [-0.25, -0.2) is 0 Å². The van der Waals surface area contributed by atoms with E-state index in [4.69, 9.17) is 4.42 Å². The zero-order chi connectivity index (χ0) is 20.1. The molecule has 1 aliphatic heterocycles. The first-order valence-corrected chi connectivity index (χ1v) is 9.68. The third-order valence-electron chi connectivity index (χ3n) is 5.02. The van der Waals surface area contributed by atoms with Crippen LogP contribution in [0.4, 0.5) is 5.69 Å². The van der Waals surface area contributed by atoms with Gasteiger partial charge < -0.3 is 20.0 Å². The first-order chi connectivity index (χ1) is 14.2. The van der Waals surface area contributed by atoms with Crippen molar-refractivity contribution in [2.75, 3.05) is 18.0 Å². The molecule has 6 heteroatoms. The number of carbonyl (C=O) groups is 2. The van der Waals surface area contributed by atoms with Gasteiger partial charge in [0.15, 0.2) is 5.76 Å². The largest absolute Gasteiger partial charge is 0.459 e. The normalized spacial score (nSPS) is 12.5. The second-order valence-electron chi connectivity index (χ2n) is 7.05. The summed E-state index contributed by atoms with van der Waals surface area (Å²) in [5, 5.41) is 5.34. The Kier molecular flexibility index (Phi) is 5.61. The monoisotopic (exact) mass is 389 g/mol. The van der Waals surface area contributed by atoms with Crippen LogP contribution < -0.4 is 15.5 Å². The Balaban J connectivity index is 1.23. The van der Waals surface area contributed by atoms with Gasteiger partial charge in [0, 0.05) is 25.3 Å². The van der Waals surface area contributed by atoms with E-state index in [1.165, 1.54) is 23.1 Å². The maximum Gasteiger partial charge on any atom is 0.287 e. The molecule has 2 N–H and O–H groups in total. The molecule has 6 nitrogen and oxygen atoms in total. The Bertz CT molecular complexity index is 981. The lowest BCUT2D eigenvalue weighted by Crippen LogP contribution is -2.36. The van der Waals surface area contributed by atoms with E-state index in [1.807, 2.05) is 12.1 Å². The molecule has 0 saturated heterocycles. The standard InChI is InChI=1S/C23H23N3O3/c27-22(15-25-23(28)21-6-3-13-29-21)24-14-17-7-9-18(10-8-17)16-26-12-11-19-4-1-2-5-20(19)26/h1-10,13H,11-12,14-16H2,(H,24,27)(H,25,28). The van der Waals surface area contributed by atoms with E-state index in [9.17, 15) is 9.59 Å². The van der Waals surface area contributed by atoms with Gasteiger partial charge in [-0.05, 0) is 41.3 Å². The summed E-state index contributed by atoms with van der Waals surface area (Å²) in [6.07, 6.45) is 2.51. The van der Waals surface area contributed by atoms with Crippen molar-refractivity contribution in [3.8, 4) is 0 Å². The van der Waals surface area contributed by atoms with Gasteiger partial charge in [-0.15, -0.1) is 0 Å². The van der Waals surface area contributed by atoms with Gasteiger partial charge in [-0.3, -0.25) is 9.59 Å². The van der Waals surface area contributed by atoms with Crippen LogP contribution in [0.2, 0.25) is 0 Å². The van der Waals surface area contributed by atoms with E-state index in [1.54, 1.807) is 12.1 Å². The maximum absolute atomic E-state index is 11.9. The lowest BCUT2D eigenvalue weighted by Gasteiger charge is -2.19. The molecule has 148 valence electrons. The van der Waals surface area contributed by atoms with E-state index in [2.05, 4.69) is 51.9 Å². The Morgan fingerprint density at radius 1 is 0.931 bits per heavy atom. The van der Waals surface area contributed by atoms with E-state index in [0.717, 1.165) is 25.1 Å². The zero-order valence-corrected chi connectivity index (χ0v) is 16.1. The van der Waals surface area contributed by atoms with E-state index < -0.39 is 5.91 Å². The molecule has 0 atom stereocenters. The Hall–Kier alpha value is -3.54. The number of hydrogen-bond acceptors (Lipinski definition) is 4. The maximum atomic E-state index is 11.9. The number of rotatable bonds is 7. The molecule has 2 heterocycles. The molecular weight excluding hydrogens is 366 g/mol. The molecule has 1 aromatic heterocycles. The van der Waals surface area contributed by atoms with Crippen molar-refractivity contribution in [3.05, 3.63) is 89.4 Å². The minimum atomic E-state index is -0.405. The van der Waals surface area contributed by atoms with Gasteiger partial charge in [0.25, 0.3) is 5.91 Å². The fourth-order valence-corrected chi connectivity index (χ4v) is 3.47. The second-order valence-corrected chi connectivity index (χ2v) is 7.05. The van der Waals surface area contributed by atoms with Crippen LogP contribution in [0.3, 0.4) is 0 Å².